The molecule has 0 aromatic heterocycles. The van der Waals surface area contributed by atoms with E-state index < -0.39 is 9.84 Å². The summed E-state index contributed by atoms with van der Waals surface area (Å²) < 4.78 is 28.9. The number of thioether (sulfide) groups is 1. The lowest BCUT2D eigenvalue weighted by molar-refractivity contribution is 0.0940. The maximum Gasteiger partial charge on any atom is 0.251 e. The summed E-state index contributed by atoms with van der Waals surface area (Å²) in [7, 11) is -3.24. The second-order valence-electron chi connectivity index (χ2n) is 7.07. The van der Waals surface area contributed by atoms with E-state index in [0.717, 1.165) is 17.1 Å². The van der Waals surface area contributed by atoms with Crippen LogP contribution in [0.2, 0.25) is 0 Å². The number of carbonyl (C=O) groups excluding carboxylic acids is 1. The minimum atomic E-state index is -3.24. The van der Waals surface area contributed by atoms with Crippen LogP contribution < -0.4 is 10.1 Å². The average molecular weight is 456 g/mol. The molecule has 1 unspecified atom stereocenters. The van der Waals surface area contributed by atoms with E-state index >= 15 is 0 Å². The number of nitrogens with one attached hydrogen (secondary N) is 1. The Morgan fingerprint density at radius 2 is 1.61 bits per heavy atom. The first-order valence-corrected chi connectivity index (χ1v) is 12.7. The molecule has 0 fully saturated rings. The second-order valence-corrected chi connectivity index (χ2v) is 10.3. The van der Waals surface area contributed by atoms with Gasteiger partial charge in [0.25, 0.3) is 5.91 Å². The van der Waals surface area contributed by atoms with Crippen molar-refractivity contribution >= 4 is 27.5 Å². The van der Waals surface area contributed by atoms with Crippen molar-refractivity contribution in [2.45, 2.75) is 22.8 Å². The Balaban J connectivity index is 1.49. The maximum absolute atomic E-state index is 12.5. The molecule has 0 saturated heterocycles. The highest BCUT2D eigenvalue weighted by Gasteiger charge is 2.13. The number of rotatable bonds is 9. The summed E-state index contributed by atoms with van der Waals surface area (Å²) in [6.07, 6.45) is 1.17. The topological polar surface area (TPSA) is 72.5 Å². The predicted molar refractivity (Wildman–Crippen MR) is 125 cm³/mol. The van der Waals surface area contributed by atoms with Gasteiger partial charge in [0.15, 0.2) is 9.84 Å². The summed E-state index contributed by atoms with van der Waals surface area (Å²) in [6.45, 7) is 2.43. The molecule has 0 aliphatic rings. The molecule has 0 aliphatic carbocycles. The van der Waals surface area contributed by atoms with Crippen molar-refractivity contribution in [3.05, 3.63) is 90.0 Å². The molecule has 0 aliphatic heterocycles. The highest BCUT2D eigenvalue weighted by atomic mass is 32.2. The molecule has 0 radical (unpaired) electrons. The molecule has 0 bridgehead atoms. The van der Waals surface area contributed by atoms with Gasteiger partial charge < -0.3 is 10.1 Å². The van der Waals surface area contributed by atoms with Crippen LogP contribution in [0, 0.1) is 0 Å². The van der Waals surface area contributed by atoms with Crippen LogP contribution in [-0.2, 0) is 9.84 Å². The van der Waals surface area contributed by atoms with Crippen molar-refractivity contribution in [3.8, 4) is 5.75 Å². The number of carbonyl (C=O) groups is 1. The van der Waals surface area contributed by atoms with Gasteiger partial charge in [-0.1, -0.05) is 30.3 Å². The van der Waals surface area contributed by atoms with Crippen molar-refractivity contribution < 1.29 is 17.9 Å². The van der Waals surface area contributed by atoms with E-state index in [1.165, 1.54) is 11.2 Å². The van der Waals surface area contributed by atoms with E-state index in [1.807, 2.05) is 25.1 Å². The Morgan fingerprint density at radius 3 is 2.23 bits per heavy atom. The quantitative estimate of drug-likeness (QED) is 0.372. The molecule has 31 heavy (non-hydrogen) atoms. The fourth-order valence-corrected chi connectivity index (χ4v) is 4.29. The third-order valence-corrected chi connectivity index (χ3v) is 6.74. The molecule has 3 rings (SSSR count). The Morgan fingerprint density at radius 1 is 0.968 bits per heavy atom. The zero-order valence-electron chi connectivity index (χ0n) is 17.4. The van der Waals surface area contributed by atoms with E-state index in [2.05, 4.69) is 17.4 Å². The van der Waals surface area contributed by atoms with Gasteiger partial charge in [0.05, 0.1) is 17.5 Å². The summed E-state index contributed by atoms with van der Waals surface area (Å²) in [5.41, 5.74) is 1.36. The van der Waals surface area contributed by atoms with Crippen LogP contribution in [0.4, 0.5) is 0 Å². The highest BCUT2D eigenvalue weighted by Crippen LogP contribution is 2.19. The summed E-state index contributed by atoms with van der Waals surface area (Å²) in [6, 6.07) is 23.5. The molecule has 3 aromatic carbocycles. The fraction of sp³-hybridized carbons (Fsp3) is 0.208. The highest BCUT2D eigenvalue weighted by molar-refractivity contribution is 7.99. The summed E-state index contributed by atoms with van der Waals surface area (Å²) in [5.74, 6) is 1.35. The van der Waals surface area contributed by atoms with E-state index in [0.29, 0.717) is 12.2 Å². The van der Waals surface area contributed by atoms with Crippen molar-refractivity contribution in [2.75, 3.05) is 18.6 Å². The van der Waals surface area contributed by atoms with Gasteiger partial charge in [-0.3, -0.25) is 4.79 Å². The Labute approximate surface area is 187 Å². The molecule has 1 N–H and O–H groups in total. The van der Waals surface area contributed by atoms with Gasteiger partial charge in [-0.2, -0.15) is 0 Å². The van der Waals surface area contributed by atoms with Crippen molar-refractivity contribution in [2.24, 2.45) is 0 Å². The molecule has 162 valence electrons. The van der Waals surface area contributed by atoms with Gasteiger partial charge in [0, 0.05) is 22.5 Å². The van der Waals surface area contributed by atoms with Crippen LogP contribution in [0.1, 0.15) is 28.9 Å². The van der Waals surface area contributed by atoms with Crippen LogP contribution in [0.3, 0.4) is 0 Å². The molecule has 3 aromatic rings. The Bertz CT molecular complexity index is 1100. The number of sulfone groups is 1. The SMILES string of the molecule is CC(NC(=O)c1ccc(OCCSc2ccccc2)cc1)c1ccc(S(C)(=O)=O)cc1. The van der Waals surface area contributed by atoms with Crippen LogP contribution in [0.15, 0.2) is 88.7 Å². The zero-order chi connectivity index (χ0) is 22.3. The molecular weight excluding hydrogens is 430 g/mol. The largest absolute Gasteiger partial charge is 0.493 e. The smallest absolute Gasteiger partial charge is 0.251 e. The van der Waals surface area contributed by atoms with Gasteiger partial charge in [-0.05, 0) is 61.0 Å². The summed E-state index contributed by atoms with van der Waals surface area (Å²) in [4.78, 5) is 14.0. The molecule has 0 spiro atoms. The fourth-order valence-electron chi connectivity index (χ4n) is 2.91. The lowest BCUT2D eigenvalue weighted by Crippen LogP contribution is -2.26. The first-order valence-electron chi connectivity index (χ1n) is 9.84. The minimum Gasteiger partial charge on any atom is -0.493 e. The molecule has 0 heterocycles. The molecule has 1 amide bonds. The third kappa shape index (κ3) is 6.87. The second kappa shape index (κ2) is 10.5. The van der Waals surface area contributed by atoms with E-state index in [-0.39, 0.29) is 16.8 Å². The Kier molecular flexibility index (Phi) is 7.76. The van der Waals surface area contributed by atoms with Gasteiger partial charge >= 0.3 is 0 Å². The zero-order valence-corrected chi connectivity index (χ0v) is 19.1. The van der Waals surface area contributed by atoms with E-state index in [1.54, 1.807) is 60.3 Å². The van der Waals surface area contributed by atoms with Crippen molar-refractivity contribution in [3.63, 3.8) is 0 Å². The first kappa shape index (κ1) is 22.9. The van der Waals surface area contributed by atoms with Gasteiger partial charge in [-0.25, -0.2) is 8.42 Å². The van der Waals surface area contributed by atoms with Crippen molar-refractivity contribution in [1.82, 2.24) is 5.32 Å². The van der Waals surface area contributed by atoms with Crippen LogP contribution in [0.25, 0.3) is 0 Å². The van der Waals surface area contributed by atoms with Gasteiger partial charge in [0.1, 0.15) is 5.75 Å². The monoisotopic (exact) mass is 455 g/mol. The van der Waals surface area contributed by atoms with Crippen LogP contribution in [0.5, 0.6) is 5.75 Å². The van der Waals surface area contributed by atoms with Gasteiger partial charge in [-0.15, -0.1) is 11.8 Å². The van der Waals surface area contributed by atoms with Crippen molar-refractivity contribution in [1.29, 1.82) is 0 Å². The minimum absolute atomic E-state index is 0.203. The maximum atomic E-state index is 12.5. The van der Waals surface area contributed by atoms with Crippen LogP contribution >= 0.6 is 11.8 Å². The molecule has 1 atom stereocenters. The predicted octanol–water partition coefficient (Wildman–Crippen LogP) is 4.75. The number of benzene rings is 3. The molecule has 5 nitrogen and oxygen atoms in total. The normalized spacial score (nSPS) is 12.2. The third-order valence-electron chi connectivity index (χ3n) is 4.64. The number of hydrogen-bond donors (Lipinski definition) is 1. The number of hydrogen-bond acceptors (Lipinski definition) is 5. The van der Waals surface area contributed by atoms with Gasteiger partial charge in [0.2, 0.25) is 0 Å². The van der Waals surface area contributed by atoms with E-state index in [9.17, 15) is 13.2 Å². The summed E-state index contributed by atoms with van der Waals surface area (Å²) in [5, 5.41) is 2.93. The Hall–Kier alpha value is -2.77. The average Bonchev–Trinajstić information content (AvgIpc) is 2.77. The number of ether oxygens (including phenoxy) is 1. The standard InChI is InChI=1S/C24H25NO4S2/c1-18(19-10-14-23(15-11-19)31(2,27)28)25-24(26)20-8-12-21(13-9-20)29-16-17-30-22-6-4-3-5-7-22/h3-15,18H,16-17H2,1-2H3,(H,25,26). The van der Waals surface area contributed by atoms with Crippen LogP contribution in [-0.4, -0.2) is 32.9 Å². The summed E-state index contributed by atoms with van der Waals surface area (Å²) >= 11 is 1.73. The lowest BCUT2D eigenvalue weighted by atomic mass is 10.1. The molecular formula is C24H25NO4S2. The number of amides is 1. The molecule has 7 heteroatoms. The first-order chi connectivity index (χ1) is 14.8. The van der Waals surface area contributed by atoms with E-state index in [4.69, 9.17) is 4.74 Å². The molecule has 0 saturated carbocycles. The lowest BCUT2D eigenvalue weighted by Gasteiger charge is -2.15.